The smallest absolute Gasteiger partial charge is 0.191 e. The van der Waals surface area contributed by atoms with Crippen LogP contribution in [0.4, 0.5) is 4.39 Å². The average molecular weight is 505 g/mol. The number of aryl methyl sites for hydroxylation is 1. The zero-order valence-electron chi connectivity index (χ0n) is 16.3. The fourth-order valence-corrected chi connectivity index (χ4v) is 3.25. The maximum Gasteiger partial charge on any atom is 0.191 e. The number of hydrogen-bond acceptors (Lipinski definition) is 4. The zero-order chi connectivity index (χ0) is 18.9. The Morgan fingerprint density at radius 1 is 1.26 bits per heavy atom. The van der Waals surface area contributed by atoms with E-state index in [9.17, 15) is 4.39 Å². The monoisotopic (exact) mass is 505 g/mol. The van der Waals surface area contributed by atoms with Crippen LogP contribution in [-0.4, -0.2) is 49.6 Å². The molecule has 1 unspecified atom stereocenters. The minimum absolute atomic E-state index is 0. The highest BCUT2D eigenvalue weighted by Crippen LogP contribution is 2.19. The average Bonchev–Trinajstić information content (AvgIpc) is 3.01. The van der Waals surface area contributed by atoms with E-state index >= 15 is 0 Å². The van der Waals surface area contributed by atoms with E-state index in [1.807, 2.05) is 40.1 Å². The minimum Gasteiger partial charge on any atom is -0.357 e. The first-order valence-electron chi connectivity index (χ1n) is 8.84. The van der Waals surface area contributed by atoms with Gasteiger partial charge < -0.3 is 15.5 Å². The van der Waals surface area contributed by atoms with E-state index in [-0.39, 0.29) is 35.8 Å². The van der Waals surface area contributed by atoms with Crippen LogP contribution in [0, 0.1) is 12.7 Å². The van der Waals surface area contributed by atoms with Gasteiger partial charge in [-0.2, -0.15) is 0 Å². The number of aliphatic imine (C=N–C) groups is 1. The van der Waals surface area contributed by atoms with Crippen molar-refractivity contribution in [2.24, 2.45) is 4.99 Å². The van der Waals surface area contributed by atoms with Gasteiger partial charge in [-0.3, -0.25) is 4.99 Å². The van der Waals surface area contributed by atoms with E-state index in [4.69, 9.17) is 4.99 Å². The number of aromatic nitrogens is 1. The third-order valence-electron chi connectivity index (χ3n) is 3.98. The van der Waals surface area contributed by atoms with Gasteiger partial charge in [0.05, 0.1) is 23.3 Å². The Balaban J connectivity index is 0.00000364. The summed E-state index contributed by atoms with van der Waals surface area (Å²) in [5, 5.41) is 9.82. The van der Waals surface area contributed by atoms with Crippen molar-refractivity contribution in [2.45, 2.75) is 26.3 Å². The number of hydrogen-bond donors (Lipinski definition) is 2. The Kier molecular flexibility index (Phi) is 10.8. The molecule has 150 valence electrons. The largest absolute Gasteiger partial charge is 0.357 e. The third kappa shape index (κ3) is 8.10. The SMILES string of the molecule is CCNC(=NCC(c1ccc(F)cc1)N(C)C)NCCc1csc(C)n1.I. The van der Waals surface area contributed by atoms with Gasteiger partial charge >= 0.3 is 0 Å². The summed E-state index contributed by atoms with van der Waals surface area (Å²) in [4.78, 5) is 11.3. The summed E-state index contributed by atoms with van der Waals surface area (Å²) >= 11 is 1.67. The molecule has 0 spiro atoms. The first-order chi connectivity index (χ1) is 12.5. The zero-order valence-corrected chi connectivity index (χ0v) is 19.5. The van der Waals surface area contributed by atoms with E-state index in [1.165, 1.54) is 12.1 Å². The molecule has 2 rings (SSSR count). The molecule has 0 fully saturated rings. The highest BCUT2D eigenvalue weighted by molar-refractivity contribution is 14.0. The van der Waals surface area contributed by atoms with Gasteiger partial charge in [-0.1, -0.05) is 12.1 Å². The molecule has 2 aromatic rings. The summed E-state index contributed by atoms with van der Waals surface area (Å²) in [6, 6.07) is 6.72. The number of nitrogens with zero attached hydrogens (tertiary/aromatic N) is 3. The molecule has 0 amide bonds. The predicted octanol–water partition coefficient (Wildman–Crippen LogP) is 3.61. The summed E-state index contributed by atoms with van der Waals surface area (Å²) in [5.41, 5.74) is 2.15. The topological polar surface area (TPSA) is 52.6 Å². The van der Waals surface area contributed by atoms with Crippen LogP contribution in [0.1, 0.15) is 29.2 Å². The second-order valence-corrected chi connectivity index (χ2v) is 7.35. The highest BCUT2D eigenvalue weighted by atomic mass is 127. The lowest BCUT2D eigenvalue weighted by molar-refractivity contribution is 0.306. The number of guanidine groups is 1. The number of halogens is 2. The van der Waals surface area contributed by atoms with Crippen LogP contribution in [0.25, 0.3) is 0 Å². The molecule has 8 heteroatoms. The predicted molar refractivity (Wildman–Crippen MR) is 123 cm³/mol. The van der Waals surface area contributed by atoms with E-state index in [0.29, 0.717) is 6.54 Å². The summed E-state index contributed by atoms with van der Waals surface area (Å²) < 4.78 is 13.2. The van der Waals surface area contributed by atoms with Crippen molar-refractivity contribution >= 4 is 41.3 Å². The molecule has 27 heavy (non-hydrogen) atoms. The van der Waals surface area contributed by atoms with E-state index in [2.05, 4.69) is 25.9 Å². The van der Waals surface area contributed by atoms with Crippen molar-refractivity contribution in [3.8, 4) is 0 Å². The van der Waals surface area contributed by atoms with Gasteiger partial charge in [0.2, 0.25) is 0 Å². The second-order valence-electron chi connectivity index (χ2n) is 6.29. The molecule has 0 aliphatic carbocycles. The fourth-order valence-electron chi connectivity index (χ4n) is 2.60. The molecule has 1 aromatic heterocycles. The summed E-state index contributed by atoms with van der Waals surface area (Å²) in [6.45, 7) is 6.22. The molecule has 5 nitrogen and oxygen atoms in total. The number of thiazole rings is 1. The van der Waals surface area contributed by atoms with Crippen LogP contribution in [0.2, 0.25) is 0 Å². The Labute approximate surface area is 182 Å². The van der Waals surface area contributed by atoms with Gasteiger partial charge in [0.25, 0.3) is 0 Å². The first-order valence-corrected chi connectivity index (χ1v) is 9.72. The lowest BCUT2D eigenvalue weighted by Gasteiger charge is -2.23. The molecule has 0 saturated carbocycles. The van der Waals surface area contributed by atoms with Gasteiger partial charge in [0.15, 0.2) is 5.96 Å². The number of rotatable bonds is 8. The summed E-state index contributed by atoms with van der Waals surface area (Å²) in [7, 11) is 4.02. The van der Waals surface area contributed by atoms with Crippen molar-refractivity contribution in [2.75, 3.05) is 33.7 Å². The fraction of sp³-hybridized carbons (Fsp3) is 0.474. The van der Waals surface area contributed by atoms with Crippen molar-refractivity contribution < 1.29 is 4.39 Å². The lowest BCUT2D eigenvalue weighted by Crippen LogP contribution is -2.39. The van der Waals surface area contributed by atoms with Gasteiger partial charge in [-0.05, 0) is 45.6 Å². The normalized spacial score (nSPS) is 12.6. The van der Waals surface area contributed by atoms with E-state index in [0.717, 1.165) is 41.7 Å². The van der Waals surface area contributed by atoms with E-state index in [1.54, 1.807) is 11.3 Å². The molecule has 0 bridgehead atoms. The molecule has 1 aromatic carbocycles. The molecule has 0 radical (unpaired) electrons. The van der Waals surface area contributed by atoms with Crippen molar-refractivity contribution in [1.29, 1.82) is 0 Å². The maximum atomic E-state index is 13.2. The molecule has 0 aliphatic heterocycles. The molecule has 0 saturated heterocycles. The Hall–Kier alpha value is -1.26. The molecule has 0 aliphatic rings. The van der Waals surface area contributed by atoms with Crippen molar-refractivity contribution in [3.05, 3.63) is 51.7 Å². The highest BCUT2D eigenvalue weighted by Gasteiger charge is 2.14. The number of benzene rings is 1. The first kappa shape index (κ1) is 23.8. The molecule has 1 heterocycles. The van der Waals surface area contributed by atoms with Crippen LogP contribution >= 0.6 is 35.3 Å². The van der Waals surface area contributed by atoms with Crippen LogP contribution in [-0.2, 0) is 6.42 Å². The van der Waals surface area contributed by atoms with Crippen LogP contribution in [0.15, 0.2) is 34.6 Å². The van der Waals surface area contributed by atoms with Crippen molar-refractivity contribution in [3.63, 3.8) is 0 Å². The van der Waals surface area contributed by atoms with Gasteiger partial charge in [0.1, 0.15) is 5.82 Å². The van der Waals surface area contributed by atoms with Crippen LogP contribution < -0.4 is 10.6 Å². The standard InChI is InChI=1S/C19H28FN5S.HI/c1-5-21-19(22-11-10-17-13-26-14(2)24-17)23-12-18(25(3)4)15-6-8-16(20)9-7-15;/h6-9,13,18H,5,10-12H2,1-4H3,(H2,21,22,23);1H. The summed E-state index contributed by atoms with van der Waals surface area (Å²) in [5.74, 6) is 0.565. The van der Waals surface area contributed by atoms with Gasteiger partial charge in [0, 0.05) is 24.9 Å². The number of likely N-dealkylation sites (N-methyl/N-ethyl adjacent to an activating group) is 1. The van der Waals surface area contributed by atoms with Crippen LogP contribution in [0.3, 0.4) is 0 Å². The van der Waals surface area contributed by atoms with E-state index < -0.39 is 0 Å². The quantitative estimate of drug-likeness (QED) is 0.327. The molecular formula is C19H29FIN5S. The minimum atomic E-state index is -0.220. The Morgan fingerprint density at radius 2 is 1.96 bits per heavy atom. The number of nitrogens with one attached hydrogen (secondary N) is 2. The second kappa shape index (κ2) is 12.2. The maximum absolute atomic E-state index is 13.2. The van der Waals surface area contributed by atoms with Crippen molar-refractivity contribution in [1.82, 2.24) is 20.5 Å². The third-order valence-corrected chi connectivity index (χ3v) is 4.81. The summed E-state index contributed by atoms with van der Waals surface area (Å²) in [6.07, 6.45) is 0.865. The molecular weight excluding hydrogens is 476 g/mol. The lowest BCUT2D eigenvalue weighted by atomic mass is 10.1. The van der Waals surface area contributed by atoms with Gasteiger partial charge in [-0.25, -0.2) is 9.37 Å². The van der Waals surface area contributed by atoms with Crippen LogP contribution in [0.5, 0.6) is 0 Å². The van der Waals surface area contributed by atoms with Gasteiger partial charge in [-0.15, -0.1) is 35.3 Å². The Bertz CT molecular complexity index is 702. The molecule has 2 N–H and O–H groups in total. The molecule has 1 atom stereocenters. The Morgan fingerprint density at radius 3 is 2.52 bits per heavy atom.